The number of hydrogen-bond acceptors (Lipinski definition) is 4. The van der Waals surface area contributed by atoms with Crippen molar-refractivity contribution in [3.05, 3.63) is 58.7 Å². The molecule has 0 fully saturated rings. The van der Waals surface area contributed by atoms with E-state index in [1.807, 2.05) is 0 Å². The lowest BCUT2D eigenvalue weighted by Gasteiger charge is -2.42. The van der Waals surface area contributed by atoms with E-state index in [1.165, 1.54) is 22.3 Å². The number of carbonyl (C=O) groups excluding carboxylic acids is 1. The molecule has 6 heteroatoms. The number of urea groups is 1. The molecule has 2 N–H and O–H groups in total. The second-order valence-electron chi connectivity index (χ2n) is 8.41. The summed E-state index contributed by atoms with van der Waals surface area (Å²) >= 11 is 0. The molecule has 2 atom stereocenters. The van der Waals surface area contributed by atoms with Crippen molar-refractivity contribution < 1.29 is 14.3 Å². The van der Waals surface area contributed by atoms with Gasteiger partial charge in [0, 0.05) is 19.6 Å². The molecule has 1 heterocycles. The van der Waals surface area contributed by atoms with Crippen molar-refractivity contribution in [1.29, 1.82) is 0 Å². The highest BCUT2D eigenvalue weighted by Gasteiger charge is 2.35. The van der Waals surface area contributed by atoms with Crippen LogP contribution >= 0.6 is 0 Å². The summed E-state index contributed by atoms with van der Waals surface area (Å²) in [5, 5.41) is 6.21. The molecule has 6 nitrogen and oxygen atoms in total. The molecule has 0 unspecified atom stereocenters. The van der Waals surface area contributed by atoms with E-state index < -0.39 is 0 Å². The van der Waals surface area contributed by atoms with Crippen LogP contribution in [0.5, 0.6) is 11.5 Å². The van der Waals surface area contributed by atoms with Gasteiger partial charge in [0.25, 0.3) is 0 Å². The third-order valence-corrected chi connectivity index (χ3v) is 6.33. The minimum atomic E-state index is -0.109. The molecule has 1 aliphatic rings. The molecular formula is C26H37N3O3. The maximum absolute atomic E-state index is 12.6. The molecule has 2 aromatic rings. The Morgan fingerprint density at radius 2 is 1.88 bits per heavy atom. The quantitative estimate of drug-likeness (QED) is 0.599. The maximum Gasteiger partial charge on any atom is 0.315 e. The molecule has 0 aliphatic carbocycles. The van der Waals surface area contributed by atoms with Gasteiger partial charge in [-0.15, -0.1) is 0 Å². The van der Waals surface area contributed by atoms with Crippen molar-refractivity contribution in [2.24, 2.45) is 0 Å². The molecule has 0 radical (unpaired) electrons. The normalized spacial score (nSPS) is 16.7. The van der Waals surface area contributed by atoms with E-state index in [-0.39, 0.29) is 18.1 Å². The number of fused-ring (bicyclic) bond motifs is 1. The van der Waals surface area contributed by atoms with E-state index >= 15 is 0 Å². The summed E-state index contributed by atoms with van der Waals surface area (Å²) < 4.78 is 11.2. The third-order valence-electron chi connectivity index (χ3n) is 6.33. The van der Waals surface area contributed by atoms with Crippen molar-refractivity contribution in [3.63, 3.8) is 0 Å². The van der Waals surface area contributed by atoms with Gasteiger partial charge in [0.2, 0.25) is 0 Å². The van der Waals surface area contributed by atoms with Crippen LogP contribution in [0.25, 0.3) is 0 Å². The minimum absolute atomic E-state index is 0.0342. The van der Waals surface area contributed by atoms with Crippen molar-refractivity contribution in [3.8, 4) is 11.5 Å². The van der Waals surface area contributed by atoms with Crippen LogP contribution in [0.2, 0.25) is 0 Å². The first-order chi connectivity index (χ1) is 15.5. The molecule has 0 spiro atoms. The van der Waals surface area contributed by atoms with E-state index in [0.29, 0.717) is 6.54 Å². The van der Waals surface area contributed by atoms with Gasteiger partial charge in [-0.3, -0.25) is 4.90 Å². The van der Waals surface area contributed by atoms with Crippen LogP contribution < -0.4 is 20.1 Å². The predicted molar refractivity (Wildman–Crippen MR) is 128 cm³/mol. The summed E-state index contributed by atoms with van der Waals surface area (Å²) in [6.45, 7) is 8.76. The second kappa shape index (κ2) is 11.2. The highest BCUT2D eigenvalue weighted by molar-refractivity contribution is 5.74. The fourth-order valence-corrected chi connectivity index (χ4v) is 4.55. The lowest BCUT2D eigenvalue weighted by Crippen LogP contribution is -2.51. The van der Waals surface area contributed by atoms with Crippen LogP contribution in [0, 0.1) is 6.92 Å². The number of carbonyl (C=O) groups is 1. The van der Waals surface area contributed by atoms with Gasteiger partial charge in [0.15, 0.2) is 11.5 Å². The third kappa shape index (κ3) is 5.36. The fraction of sp³-hybridized carbons (Fsp3) is 0.500. The average Bonchev–Trinajstić information content (AvgIpc) is 2.81. The standard InChI is InChI=1S/C26H37N3O3/c1-6-13-27-26(30)28-22(7-2)25-21-16-24(32-5)23(31-4)15-19(21)12-14-29(25)17-20-11-9-8-10-18(20)3/h8-11,15-16,22,25H,6-7,12-14,17H2,1-5H3,(H2,27,28,30)/t22-,25-/m0/s1. The summed E-state index contributed by atoms with van der Waals surface area (Å²) in [6.07, 6.45) is 2.66. The minimum Gasteiger partial charge on any atom is -0.493 e. The number of methoxy groups -OCH3 is 2. The Kier molecular flexibility index (Phi) is 8.39. The molecule has 0 aromatic heterocycles. The number of nitrogens with one attached hydrogen (secondary N) is 2. The van der Waals surface area contributed by atoms with Crippen LogP contribution in [-0.2, 0) is 13.0 Å². The number of aryl methyl sites for hydroxylation is 1. The molecule has 1 aliphatic heterocycles. The number of rotatable bonds is 9. The van der Waals surface area contributed by atoms with Crippen molar-refractivity contribution in [1.82, 2.24) is 15.5 Å². The van der Waals surface area contributed by atoms with Gasteiger partial charge in [0.1, 0.15) is 0 Å². The number of amides is 2. The smallest absolute Gasteiger partial charge is 0.315 e. The molecule has 3 rings (SSSR count). The molecule has 0 saturated heterocycles. The largest absolute Gasteiger partial charge is 0.493 e. The zero-order valence-corrected chi connectivity index (χ0v) is 20.0. The van der Waals surface area contributed by atoms with Crippen molar-refractivity contribution >= 4 is 6.03 Å². The molecule has 32 heavy (non-hydrogen) atoms. The highest BCUT2D eigenvalue weighted by atomic mass is 16.5. The Hall–Kier alpha value is -2.73. The molecule has 0 saturated carbocycles. The summed E-state index contributed by atoms with van der Waals surface area (Å²) in [4.78, 5) is 15.1. The number of nitrogens with zero attached hydrogens (tertiary/aromatic N) is 1. The summed E-state index contributed by atoms with van der Waals surface area (Å²) in [6, 6.07) is 12.6. The topological polar surface area (TPSA) is 62.8 Å². The summed E-state index contributed by atoms with van der Waals surface area (Å²) in [7, 11) is 3.34. The van der Waals surface area contributed by atoms with Gasteiger partial charge < -0.3 is 20.1 Å². The monoisotopic (exact) mass is 439 g/mol. The Bertz CT molecular complexity index is 915. The van der Waals surface area contributed by atoms with E-state index in [0.717, 1.165) is 43.9 Å². The molecule has 174 valence electrons. The van der Waals surface area contributed by atoms with E-state index in [1.54, 1.807) is 14.2 Å². The van der Waals surface area contributed by atoms with E-state index in [4.69, 9.17) is 9.47 Å². The van der Waals surface area contributed by atoms with Crippen LogP contribution in [0.15, 0.2) is 36.4 Å². The maximum atomic E-state index is 12.6. The van der Waals surface area contributed by atoms with Gasteiger partial charge in [0.05, 0.1) is 26.3 Å². The van der Waals surface area contributed by atoms with Gasteiger partial charge in [-0.25, -0.2) is 4.79 Å². The lowest BCUT2D eigenvalue weighted by atomic mass is 9.86. The Labute approximate surface area is 192 Å². The number of benzene rings is 2. The van der Waals surface area contributed by atoms with Crippen LogP contribution in [0.3, 0.4) is 0 Å². The van der Waals surface area contributed by atoms with Gasteiger partial charge >= 0.3 is 6.03 Å². The van der Waals surface area contributed by atoms with Crippen molar-refractivity contribution in [2.45, 2.75) is 58.7 Å². The SMILES string of the molecule is CCCNC(=O)N[C@@H](CC)[C@@H]1c2cc(OC)c(OC)cc2CCN1Cc1ccccc1C. The zero-order valence-electron chi connectivity index (χ0n) is 20.0. The Balaban J connectivity index is 2.00. The first-order valence-corrected chi connectivity index (χ1v) is 11.6. The summed E-state index contributed by atoms with van der Waals surface area (Å²) in [5.41, 5.74) is 5.05. The first kappa shape index (κ1) is 23.9. The van der Waals surface area contributed by atoms with Crippen LogP contribution in [0.4, 0.5) is 4.79 Å². The molecule has 0 bridgehead atoms. The Morgan fingerprint density at radius 1 is 1.16 bits per heavy atom. The molecule has 2 aromatic carbocycles. The molecule has 2 amide bonds. The van der Waals surface area contributed by atoms with Gasteiger partial charge in [-0.2, -0.15) is 0 Å². The van der Waals surface area contributed by atoms with E-state index in [9.17, 15) is 4.79 Å². The predicted octanol–water partition coefficient (Wildman–Crippen LogP) is 4.60. The Morgan fingerprint density at radius 3 is 2.53 bits per heavy atom. The van der Waals surface area contributed by atoms with Gasteiger partial charge in [-0.05, 0) is 60.6 Å². The lowest BCUT2D eigenvalue weighted by molar-refractivity contribution is 0.135. The highest BCUT2D eigenvalue weighted by Crippen LogP contribution is 2.40. The second-order valence-corrected chi connectivity index (χ2v) is 8.41. The average molecular weight is 440 g/mol. The first-order valence-electron chi connectivity index (χ1n) is 11.6. The number of ether oxygens (including phenoxy) is 2. The van der Waals surface area contributed by atoms with E-state index in [2.05, 4.69) is 72.7 Å². The molecular weight excluding hydrogens is 402 g/mol. The fourth-order valence-electron chi connectivity index (χ4n) is 4.55. The number of hydrogen-bond donors (Lipinski definition) is 2. The zero-order chi connectivity index (χ0) is 23.1. The summed E-state index contributed by atoms with van der Waals surface area (Å²) in [5.74, 6) is 1.47. The van der Waals surface area contributed by atoms with Crippen molar-refractivity contribution in [2.75, 3.05) is 27.3 Å². The van der Waals surface area contributed by atoms with Gasteiger partial charge in [-0.1, -0.05) is 38.1 Å². The van der Waals surface area contributed by atoms with Crippen LogP contribution in [0.1, 0.15) is 55.0 Å². The van der Waals surface area contributed by atoms with Crippen LogP contribution in [-0.4, -0.2) is 44.3 Å².